The van der Waals surface area contributed by atoms with Gasteiger partial charge in [0.25, 0.3) is 0 Å². The number of aryl methyl sites for hydroxylation is 1. The first kappa shape index (κ1) is 22.3. The van der Waals surface area contributed by atoms with Crippen molar-refractivity contribution in [3.05, 3.63) is 45.2 Å². The highest BCUT2D eigenvalue weighted by atomic mass is 16.3. The molecule has 1 saturated carbocycles. The molecule has 0 aliphatic heterocycles. The van der Waals surface area contributed by atoms with E-state index in [9.17, 15) is 29.7 Å². The molecular formula is C26H30O6. The molecule has 3 atom stereocenters. The molecule has 0 bridgehead atoms. The molecule has 0 heterocycles. The first-order valence-corrected chi connectivity index (χ1v) is 11.2. The Labute approximate surface area is 187 Å². The molecule has 0 radical (unpaired) electrons. The SMILES string of the molecule is CCc1cc(C(C)(C)C)c(O)c2c1CC1CC3CC(=O)C(C(C)=O)=C(O)C3C(=O)C1=C2O. The van der Waals surface area contributed by atoms with Crippen LogP contribution in [0.25, 0.3) is 5.76 Å². The van der Waals surface area contributed by atoms with Crippen molar-refractivity contribution in [1.29, 1.82) is 0 Å². The first-order chi connectivity index (χ1) is 14.9. The summed E-state index contributed by atoms with van der Waals surface area (Å²) in [5.74, 6) is -3.92. The molecule has 1 fully saturated rings. The number of aliphatic hydroxyl groups is 2. The number of ketones is 3. The number of allylic oxidation sites excluding steroid dienone is 3. The summed E-state index contributed by atoms with van der Waals surface area (Å²) in [6.07, 6.45) is 1.66. The number of hydrogen-bond acceptors (Lipinski definition) is 6. The van der Waals surface area contributed by atoms with Gasteiger partial charge in [0, 0.05) is 17.6 Å². The number of phenolic OH excluding ortho intramolecular Hbond substituents is 1. The molecule has 3 aliphatic carbocycles. The van der Waals surface area contributed by atoms with E-state index in [1.165, 1.54) is 6.92 Å². The minimum Gasteiger partial charge on any atom is -0.511 e. The van der Waals surface area contributed by atoms with Crippen molar-refractivity contribution in [2.45, 2.75) is 65.7 Å². The fourth-order valence-corrected chi connectivity index (χ4v) is 5.79. The molecule has 32 heavy (non-hydrogen) atoms. The Morgan fingerprint density at radius 3 is 2.34 bits per heavy atom. The Morgan fingerprint density at radius 1 is 1.12 bits per heavy atom. The van der Waals surface area contributed by atoms with E-state index in [4.69, 9.17) is 0 Å². The van der Waals surface area contributed by atoms with Crippen LogP contribution in [0, 0.1) is 17.8 Å². The van der Waals surface area contributed by atoms with E-state index in [-0.39, 0.29) is 40.4 Å². The van der Waals surface area contributed by atoms with Gasteiger partial charge < -0.3 is 15.3 Å². The van der Waals surface area contributed by atoms with Gasteiger partial charge in [0.2, 0.25) is 0 Å². The second kappa shape index (κ2) is 7.32. The number of aromatic hydroxyl groups is 1. The highest BCUT2D eigenvalue weighted by Crippen LogP contribution is 2.52. The van der Waals surface area contributed by atoms with Crippen LogP contribution >= 0.6 is 0 Å². The molecular weight excluding hydrogens is 408 g/mol. The number of rotatable bonds is 2. The quantitative estimate of drug-likeness (QED) is 0.595. The molecule has 170 valence electrons. The third kappa shape index (κ3) is 3.11. The van der Waals surface area contributed by atoms with Crippen LogP contribution in [-0.4, -0.2) is 32.7 Å². The van der Waals surface area contributed by atoms with Gasteiger partial charge in [-0.3, -0.25) is 14.4 Å². The van der Waals surface area contributed by atoms with E-state index < -0.39 is 34.9 Å². The van der Waals surface area contributed by atoms with Gasteiger partial charge in [-0.1, -0.05) is 33.8 Å². The fraction of sp³-hybridized carbons (Fsp3) is 0.500. The van der Waals surface area contributed by atoms with Gasteiger partial charge in [-0.05, 0) is 54.6 Å². The van der Waals surface area contributed by atoms with Crippen LogP contribution in [-0.2, 0) is 32.6 Å². The van der Waals surface area contributed by atoms with Gasteiger partial charge in [0.1, 0.15) is 17.3 Å². The zero-order valence-corrected chi connectivity index (χ0v) is 19.2. The number of Topliss-reactive ketones (excluding diaryl/α,β-unsaturated/α-hetero) is 3. The third-order valence-electron chi connectivity index (χ3n) is 7.28. The lowest BCUT2D eigenvalue weighted by molar-refractivity contribution is -0.127. The van der Waals surface area contributed by atoms with Crippen molar-refractivity contribution in [2.75, 3.05) is 0 Å². The highest BCUT2D eigenvalue weighted by molar-refractivity contribution is 6.21. The molecule has 6 nitrogen and oxygen atoms in total. The minimum absolute atomic E-state index is 0.0221. The zero-order valence-electron chi connectivity index (χ0n) is 19.2. The Kier molecular flexibility index (Phi) is 5.11. The summed E-state index contributed by atoms with van der Waals surface area (Å²) in [4.78, 5) is 37.9. The van der Waals surface area contributed by atoms with E-state index in [2.05, 4.69) is 0 Å². The lowest BCUT2D eigenvalue weighted by atomic mass is 9.61. The second-order valence-electron chi connectivity index (χ2n) is 10.3. The average molecular weight is 439 g/mol. The number of phenols is 1. The number of hydrogen-bond donors (Lipinski definition) is 3. The summed E-state index contributed by atoms with van der Waals surface area (Å²) in [5, 5.41) is 33.1. The maximum atomic E-state index is 13.5. The Hall–Kier alpha value is -2.89. The van der Waals surface area contributed by atoms with Crippen molar-refractivity contribution in [3.8, 4) is 5.75 Å². The second-order valence-corrected chi connectivity index (χ2v) is 10.3. The van der Waals surface area contributed by atoms with Crippen LogP contribution in [0.15, 0.2) is 23.0 Å². The Balaban J connectivity index is 1.93. The third-order valence-corrected chi connectivity index (χ3v) is 7.28. The van der Waals surface area contributed by atoms with Crippen LogP contribution in [0.2, 0.25) is 0 Å². The molecule has 0 aromatic heterocycles. The van der Waals surface area contributed by atoms with Crippen LogP contribution in [0.4, 0.5) is 0 Å². The van der Waals surface area contributed by atoms with E-state index in [0.29, 0.717) is 30.4 Å². The maximum absolute atomic E-state index is 13.5. The molecule has 0 saturated heterocycles. The fourth-order valence-electron chi connectivity index (χ4n) is 5.79. The van der Waals surface area contributed by atoms with Crippen molar-refractivity contribution >= 4 is 23.1 Å². The van der Waals surface area contributed by atoms with Crippen LogP contribution in [0.1, 0.15) is 69.7 Å². The Bertz CT molecular complexity index is 1130. The molecule has 4 rings (SSSR count). The highest BCUT2D eigenvalue weighted by Gasteiger charge is 2.50. The molecule has 1 aromatic rings. The Morgan fingerprint density at radius 2 is 1.78 bits per heavy atom. The van der Waals surface area contributed by atoms with Crippen LogP contribution in [0.5, 0.6) is 5.75 Å². The summed E-state index contributed by atoms with van der Waals surface area (Å²) < 4.78 is 0. The smallest absolute Gasteiger partial charge is 0.173 e. The monoisotopic (exact) mass is 438 g/mol. The van der Waals surface area contributed by atoms with Gasteiger partial charge in [0.05, 0.1) is 17.1 Å². The van der Waals surface area contributed by atoms with Crippen LogP contribution < -0.4 is 0 Å². The summed E-state index contributed by atoms with van der Waals surface area (Å²) in [6.45, 7) is 9.15. The van der Waals surface area contributed by atoms with Gasteiger partial charge in [-0.15, -0.1) is 0 Å². The molecule has 6 heteroatoms. The first-order valence-electron chi connectivity index (χ1n) is 11.2. The number of benzene rings is 1. The number of aliphatic hydroxyl groups excluding tert-OH is 2. The topological polar surface area (TPSA) is 112 Å². The lowest BCUT2D eigenvalue weighted by Crippen LogP contribution is -2.43. The number of carbonyl (C=O) groups excluding carboxylic acids is 3. The van der Waals surface area contributed by atoms with Gasteiger partial charge in [-0.2, -0.15) is 0 Å². The summed E-state index contributed by atoms with van der Waals surface area (Å²) in [6, 6.07) is 1.98. The van der Waals surface area contributed by atoms with E-state index in [0.717, 1.165) is 11.1 Å². The van der Waals surface area contributed by atoms with E-state index in [1.807, 2.05) is 33.8 Å². The molecule has 1 aromatic carbocycles. The summed E-state index contributed by atoms with van der Waals surface area (Å²) in [5.41, 5.74) is 2.37. The standard InChI is InChI=1S/C26H30O6/c1-6-12-9-16(26(3,4)5)22(29)21-15(12)8-13-7-14-10-17(28)18(11(2)27)23(30)20(14)24(31)19(13)25(21)32/h9,13-14,20,29-30,32H,6-8,10H2,1-5H3. The molecule has 0 amide bonds. The van der Waals surface area contributed by atoms with Crippen LogP contribution in [0.3, 0.4) is 0 Å². The largest absolute Gasteiger partial charge is 0.511 e. The molecule has 3 aliphatic rings. The molecule has 0 spiro atoms. The van der Waals surface area contributed by atoms with E-state index >= 15 is 0 Å². The van der Waals surface area contributed by atoms with Crippen molar-refractivity contribution < 1.29 is 29.7 Å². The lowest BCUT2D eigenvalue weighted by Gasteiger charge is -2.41. The van der Waals surface area contributed by atoms with Gasteiger partial charge in [-0.25, -0.2) is 0 Å². The van der Waals surface area contributed by atoms with Crippen molar-refractivity contribution in [3.63, 3.8) is 0 Å². The van der Waals surface area contributed by atoms with Gasteiger partial charge >= 0.3 is 0 Å². The predicted molar refractivity (Wildman–Crippen MR) is 119 cm³/mol. The van der Waals surface area contributed by atoms with E-state index in [1.54, 1.807) is 0 Å². The number of fused-ring (bicyclic) bond motifs is 3. The summed E-state index contributed by atoms with van der Waals surface area (Å²) >= 11 is 0. The number of carbonyl (C=O) groups is 3. The zero-order chi connectivity index (χ0) is 23.7. The molecule has 3 N–H and O–H groups in total. The molecule has 3 unspecified atom stereocenters. The predicted octanol–water partition coefficient (Wildman–Crippen LogP) is 4.27. The minimum atomic E-state index is -1.01. The maximum Gasteiger partial charge on any atom is 0.173 e. The van der Waals surface area contributed by atoms with Crippen molar-refractivity contribution in [2.24, 2.45) is 17.8 Å². The normalized spacial score (nSPS) is 25.5. The van der Waals surface area contributed by atoms with Gasteiger partial charge in [0.15, 0.2) is 17.3 Å². The van der Waals surface area contributed by atoms with Crippen molar-refractivity contribution in [1.82, 2.24) is 0 Å². The average Bonchev–Trinajstić information content (AvgIpc) is 2.66. The summed E-state index contributed by atoms with van der Waals surface area (Å²) in [7, 11) is 0.